The first-order chi connectivity index (χ1) is 5.85. The van der Waals surface area contributed by atoms with Crippen molar-refractivity contribution in [2.45, 2.75) is 33.1 Å². The molecule has 1 radical (unpaired) electrons. The monoisotopic (exact) mass is 163 g/mol. The lowest BCUT2D eigenvalue weighted by Crippen LogP contribution is -1.92. The number of allylic oxidation sites excluding steroid dienone is 5. The lowest BCUT2D eigenvalue weighted by atomic mass is 9.97. The molecule has 0 rings (SSSR count). The average molecular weight is 163 g/mol. The molecule has 0 aliphatic carbocycles. The molecule has 0 aliphatic heterocycles. The van der Waals surface area contributed by atoms with Crippen LogP contribution >= 0.6 is 0 Å². The van der Waals surface area contributed by atoms with Gasteiger partial charge in [-0.1, -0.05) is 30.4 Å². The van der Waals surface area contributed by atoms with Crippen LogP contribution < -0.4 is 0 Å². The SMILES string of the molecule is C=CC[C](C/C=C\C)C/C=C/C. The average Bonchev–Trinajstić information content (AvgIpc) is 2.10. The van der Waals surface area contributed by atoms with E-state index in [0.29, 0.717) is 0 Å². The van der Waals surface area contributed by atoms with Crippen molar-refractivity contribution >= 4 is 0 Å². The summed E-state index contributed by atoms with van der Waals surface area (Å²) in [4.78, 5) is 0. The van der Waals surface area contributed by atoms with Gasteiger partial charge in [-0.15, -0.1) is 6.58 Å². The summed E-state index contributed by atoms with van der Waals surface area (Å²) in [5.74, 6) is 1.53. The molecule has 0 amide bonds. The molecule has 0 heterocycles. The van der Waals surface area contributed by atoms with Crippen LogP contribution in [0, 0.1) is 5.92 Å². The molecule has 0 saturated heterocycles. The molecule has 0 spiro atoms. The second-order valence-corrected chi connectivity index (χ2v) is 2.79. The van der Waals surface area contributed by atoms with Crippen molar-refractivity contribution in [1.82, 2.24) is 0 Å². The van der Waals surface area contributed by atoms with Crippen LogP contribution in [0.2, 0.25) is 0 Å². The van der Waals surface area contributed by atoms with Gasteiger partial charge in [0.25, 0.3) is 0 Å². The molecular formula is C12H19. The molecule has 0 atom stereocenters. The van der Waals surface area contributed by atoms with Crippen LogP contribution in [0.4, 0.5) is 0 Å². The van der Waals surface area contributed by atoms with Crippen LogP contribution in [-0.4, -0.2) is 0 Å². The molecule has 0 aliphatic rings. The van der Waals surface area contributed by atoms with Gasteiger partial charge in [0.1, 0.15) is 0 Å². The van der Waals surface area contributed by atoms with E-state index in [1.807, 2.05) is 6.08 Å². The third-order valence-corrected chi connectivity index (χ3v) is 1.72. The van der Waals surface area contributed by atoms with E-state index >= 15 is 0 Å². The Hall–Kier alpha value is -0.780. The van der Waals surface area contributed by atoms with E-state index in [1.165, 1.54) is 5.92 Å². The van der Waals surface area contributed by atoms with Gasteiger partial charge in [0.2, 0.25) is 0 Å². The maximum atomic E-state index is 3.75. The summed E-state index contributed by atoms with van der Waals surface area (Å²) >= 11 is 0. The van der Waals surface area contributed by atoms with E-state index < -0.39 is 0 Å². The van der Waals surface area contributed by atoms with Crippen molar-refractivity contribution in [1.29, 1.82) is 0 Å². The summed E-state index contributed by atoms with van der Waals surface area (Å²) in [5.41, 5.74) is 0. The highest BCUT2D eigenvalue weighted by Gasteiger charge is 2.01. The van der Waals surface area contributed by atoms with E-state index in [1.54, 1.807) is 0 Å². The highest BCUT2D eigenvalue weighted by Crippen LogP contribution is 2.17. The number of rotatable bonds is 6. The zero-order valence-electron chi connectivity index (χ0n) is 8.22. The van der Waals surface area contributed by atoms with Crippen LogP contribution in [0.1, 0.15) is 33.1 Å². The second-order valence-electron chi connectivity index (χ2n) is 2.79. The summed E-state index contributed by atoms with van der Waals surface area (Å²) < 4.78 is 0. The maximum Gasteiger partial charge on any atom is -0.0129 e. The zero-order chi connectivity index (χ0) is 9.23. The molecule has 67 valence electrons. The molecule has 0 unspecified atom stereocenters. The Bertz CT molecular complexity index is 137. The molecule has 0 bridgehead atoms. The summed E-state index contributed by atoms with van der Waals surface area (Å²) in [6, 6.07) is 0. The molecule has 0 N–H and O–H groups in total. The van der Waals surface area contributed by atoms with E-state index in [-0.39, 0.29) is 0 Å². The quantitative estimate of drug-likeness (QED) is 0.518. The van der Waals surface area contributed by atoms with Gasteiger partial charge in [0.15, 0.2) is 0 Å². The van der Waals surface area contributed by atoms with Gasteiger partial charge in [-0.2, -0.15) is 0 Å². The Kier molecular flexibility index (Phi) is 7.78. The van der Waals surface area contributed by atoms with Gasteiger partial charge in [0.05, 0.1) is 0 Å². The van der Waals surface area contributed by atoms with Crippen molar-refractivity contribution in [3.63, 3.8) is 0 Å². The third kappa shape index (κ3) is 5.96. The Labute approximate surface area is 76.7 Å². The first-order valence-corrected chi connectivity index (χ1v) is 4.52. The standard InChI is InChI=1S/C12H19/c1-4-7-10-12(9-6-3)11-8-5-2/h4-8H,3,9-11H2,1-2H3/b7-4-,8-5+. The Balaban J connectivity index is 3.76. The molecule has 0 fully saturated rings. The first kappa shape index (κ1) is 11.2. The van der Waals surface area contributed by atoms with Gasteiger partial charge in [-0.3, -0.25) is 0 Å². The van der Waals surface area contributed by atoms with Crippen molar-refractivity contribution in [2.75, 3.05) is 0 Å². The van der Waals surface area contributed by atoms with Crippen LogP contribution in [0.15, 0.2) is 37.0 Å². The van der Waals surface area contributed by atoms with Gasteiger partial charge in [-0.25, -0.2) is 0 Å². The van der Waals surface area contributed by atoms with E-state index in [4.69, 9.17) is 0 Å². The Morgan fingerprint density at radius 1 is 1.00 bits per heavy atom. The van der Waals surface area contributed by atoms with E-state index in [9.17, 15) is 0 Å². The fraction of sp³-hybridized carbons (Fsp3) is 0.417. The molecule has 12 heavy (non-hydrogen) atoms. The second kappa shape index (κ2) is 8.32. The minimum atomic E-state index is 1.04. The summed E-state index contributed by atoms with van der Waals surface area (Å²) in [6.07, 6.45) is 13.8. The smallest absolute Gasteiger partial charge is 0.0129 e. The molecule has 0 saturated carbocycles. The minimum Gasteiger partial charge on any atom is -0.103 e. The van der Waals surface area contributed by atoms with Crippen LogP contribution in [0.5, 0.6) is 0 Å². The van der Waals surface area contributed by atoms with Gasteiger partial charge < -0.3 is 0 Å². The number of hydrogen-bond acceptors (Lipinski definition) is 0. The minimum absolute atomic E-state index is 1.04. The molecule has 0 aromatic heterocycles. The van der Waals surface area contributed by atoms with Gasteiger partial charge >= 0.3 is 0 Å². The van der Waals surface area contributed by atoms with Crippen LogP contribution in [0.25, 0.3) is 0 Å². The van der Waals surface area contributed by atoms with Crippen molar-refractivity contribution in [3.05, 3.63) is 42.9 Å². The summed E-state index contributed by atoms with van der Waals surface area (Å²) in [7, 11) is 0. The first-order valence-electron chi connectivity index (χ1n) is 4.52. The maximum absolute atomic E-state index is 3.75. The van der Waals surface area contributed by atoms with Crippen molar-refractivity contribution in [3.8, 4) is 0 Å². The zero-order valence-corrected chi connectivity index (χ0v) is 8.22. The van der Waals surface area contributed by atoms with Gasteiger partial charge in [-0.05, 0) is 39.0 Å². The number of hydrogen-bond donors (Lipinski definition) is 0. The van der Waals surface area contributed by atoms with E-state index in [2.05, 4.69) is 44.7 Å². The normalized spacial score (nSPS) is 11.9. The molecule has 0 nitrogen and oxygen atoms in total. The van der Waals surface area contributed by atoms with Crippen molar-refractivity contribution < 1.29 is 0 Å². The molecular weight excluding hydrogens is 144 g/mol. The lowest BCUT2D eigenvalue weighted by Gasteiger charge is -2.08. The summed E-state index contributed by atoms with van der Waals surface area (Å²) in [6.45, 7) is 7.86. The third-order valence-electron chi connectivity index (χ3n) is 1.72. The molecule has 0 heteroatoms. The highest BCUT2D eigenvalue weighted by atomic mass is 14.1. The summed E-state index contributed by atoms with van der Waals surface area (Å²) in [5, 5.41) is 0. The molecule has 0 aromatic carbocycles. The Morgan fingerprint density at radius 2 is 1.50 bits per heavy atom. The predicted molar refractivity (Wildman–Crippen MR) is 56.9 cm³/mol. The largest absolute Gasteiger partial charge is 0.103 e. The lowest BCUT2D eigenvalue weighted by molar-refractivity contribution is 0.845. The van der Waals surface area contributed by atoms with Gasteiger partial charge in [0, 0.05) is 0 Å². The predicted octanol–water partition coefficient (Wildman–Crippen LogP) is 4.07. The van der Waals surface area contributed by atoms with Crippen LogP contribution in [0.3, 0.4) is 0 Å². The van der Waals surface area contributed by atoms with Crippen molar-refractivity contribution in [2.24, 2.45) is 0 Å². The van der Waals surface area contributed by atoms with Crippen LogP contribution in [-0.2, 0) is 0 Å². The Morgan fingerprint density at radius 3 is 1.83 bits per heavy atom. The van der Waals surface area contributed by atoms with E-state index in [0.717, 1.165) is 19.3 Å². The fourth-order valence-electron chi connectivity index (χ4n) is 1.02. The molecule has 0 aromatic rings. The fourth-order valence-corrected chi connectivity index (χ4v) is 1.02. The highest BCUT2D eigenvalue weighted by molar-refractivity contribution is 5.05. The topological polar surface area (TPSA) is 0 Å².